The van der Waals surface area contributed by atoms with Gasteiger partial charge in [-0.2, -0.15) is 0 Å². The Kier molecular flexibility index (Phi) is 6.50. The van der Waals surface area contributed by atoms with E-state index in [4.69, 9.17) is 19.7 Å². The molecule has 3 unspecified atom stereocenters. The first kappa shape index (κ1) is 28.6. The summed E-state index contributed by atoms with van der Waals surface area (Å²) < 4.78 is 6.96. The van der Waals surface area contributed by atoms with Gasteiger partial charge in [0.1, 0.15) is 11.5 Å². The molecule has 0 fully saturated rings. The van der Waals surface area contributed by atoms with Gasteiger partial charge in [-0.15, -0.1) is 0 Å². The van der Waals surface area contributed by atoms with Crippen molar-refractivity contribution in [3.05, 3.63) is 198 Å². The fourth-order valence-electron chi connectivity index (χ4n) is 8.38. The fraction of sp³-hybridized carbons (Fsp3) is 0.0652. The Balaban J connectivity index is 1.16. The summed E-state index contributed by atoms with van der Waals surface area (Å²) in [4.78, 5) is 14.9. The van der Waals surface area contributed by atoms with Gasteiger partial charge in [-0.05, 0) is 28.8 Å². The average Bonchev–Trinajstić information content (AvgIpc) is 3.49. The first-order valence-corrected chi connectivity index (χ1v) is 17.1. The van der Waals surface area contributed by atoms with E-state index in [1.54, 1.807) is 0 Å². The predicted octanol–water partition coefficient (Wildman–Crippen LogP) is 10.8. The zero-order chi connectivity index (χ0) is 33.1. The SMILES string of the molecule is C1=CC2c3ccccc3C3(c4ccccc4Oc4c(-c5cccc(-c6nc(-c7ccccc7)nc(-c7ccccc7)n6)c5)cccc43)C2C=C1. The predicted molar refractivity (Wildman–Crippen MR) is 199 cm³/mol. The molecule has 50 heavy (non-hydrogen) atoms. The van der Waals surface area contributed by atoms with Crippen molar-refractivity contribution in [2.75, 3.05) is 0 Å². The van der Waals surface area contributed by atoms with Crippen molar-refractivity contribution in [3.8, 4) is 56.8 Å². The molecular weight excluding hydrogens is 611 g/mol. The van der Waals surface area contributed by atoms with Gasteiger partial charge in [0.25, 0.3) is 0 Å². The van der Waals surface area contributed by atoms with E-state index in [0.29, 0.717) is 17.5 Å². The quantitative estimate of drug-likeness (QED) is 0.192. The summed E-state index contributed by atoms with van der Waals surface area (Å²) in [5.41, 5.74) is 9.61. The van der Waals surface area contributed by atoms with Crippen molar-refractivity contribution in [3.63, 3.8) is 0 Å². The van der Waals surface area contributed by atoms with E-state index in [1.165, 1.54) is 22.3 Å². The molecule has 10 rings (SSSR count). The molecule has 3 aliphatic rings. The number of fused-ring (bicyclic) bond motifs is 9. The Hall–Kier alpha value is -6.39. The van der Waals surface area contributed by atoms with E-state index in [-0.39, 0.29) is 11.8 Å². The van der Waals surface area contributed by atoms with E-state index in [0.717, 1.165) is 39.3 Å². The van der Waals surface area contributed by atoms with E-state index >= 15 is 0 Å². The number of hydrogen-bond acceptors (Lipinski definition) is 4. The Labute approximate surface area is 291 Å². The lowest BCUT2D eigenvalue weighted by atomic mass is 9.61. The molecule has 0 saturated carbocycles. The molecule has 236 valence electrons. The van der Waals surface area contributed by atoms with Crippen LogP contribution in [0.3, 0.4) is 0 Å². The summed E-state index contributed by atoms with van der Waals surface area (Å²) in [5, 5.41) is 0. The van der Waals surface area contributed by atoms with E-state index < -0.39 is 5.41 Å². The summed E-state index contributed by atoms with van der Waals surface area (Å²) in [7, 11) is 0. The van der Waals surface area contributed by atoms with Gasteiger partial charge < -0.3 is 4.74 Å². The molecule has 1 aliphatic heterocycles. The molecule has 0 N–H and O–H groups in total. The fourth-order valence-corrected chi connectivity index (χ4v) is 8.38. The van der Waals surface area contributed by atoms with Gasteiger partial charge in [-0.25, -0.2) is 15.0 Å². The van der Waals surface area contributed by atoms with Crippen molar-refractivity contribution >= 4 is 0 Å². The van der Waals surface area contributed by atoms with E-state index in [9.17, 15) is 0 Å². The molecule has 7 aromatic rings. The molecule has 0 bridgehead atoms. The summed E-state index contributed by atoms with van der Waals surface area (Å²) in [5.74, 6) is 4.20. The van der Waals surface area contributed by atoms with Gasteiger partial charge >= 0.3 is 0 Å². The molecular formula is C46H31N3O. The minimum Gasteiger partial charge on any atom is -0.456 e. The van der Waals surface area contributed by atoms with E-state index in [1.807, 2.05) is 60.7 Å². The Morgan fingerprint density at radius 2 is 1.02 bits per heavy atom. The van der Waals surface area contributed by atoms with Crippen LogP contribution < -0.4 is 4.74 Å². The minimum atomic E-state index is -0.399. The lowest BCUT2D eigenvalue weighted by molar-refractivity contribution is 0.375. The number of para-hydroxylation sites is 2. The lowest BCUT2D eigenvalue weighted by Crippen LogP contribution is -2.37. The van der Waals surface area contributed by atoms with Crippen LogP contribution in [0, 0.1) is 5.92 Å². The maximum atomic E-state index is 6.96. The zero-order valence-corrected chi connectivity index (χ0v) is 27.1. The number of hydrogen-bond donors (Lipinski definition) is 0. The number of rotatable bonds is 4. The molecule has 0 radical (unpaired) electrons. The second-order valence-electron chi connectivity index (χ2n) is 13.1. The Morgan fingerprint density at radius 3 is 1.78 bits per heavy atom. The first-order chi connectivity index (χ1) is 24.8. The highest BCUT2D eigenvalue weighted by Gasteiger charge is 2.56. The summed E-state index contributed by atoms with van der Waals surface area (Å²) in [6.45, 7) is 0. The lowest BCUT2D eigenvalue weighted by Gasteiger charge is -2.43. The molecule has 2 aliphatic carbocycles. The average molecular weight is 642 g/mol. The topological polar surface area (TPSA) is 47.9 Å². The Morgan fingerprint density at radius 1 is 0.460 bits per heavy atom. The van der Waals surface area contributed by atoms with Gasteiger partial charge in [0, 0.05) is 45.2 Å². The van der Waals surface area contributed by atoms with Crippen LogP contribution in [-0.4, -0.2) is 15.0 Å². The minimum absolute atomic E-state index is 0.216. The van der Waals surface area contributed by atoms with Crippen molar-refractivity contribution in [2.45, 2.75) is 11.3 Å². The van der Waals surface area contributed by atoms with Crippen LogP contribution in [0.15, 0.2) is 176 Å². The summed E-state index contributed by atoms with van der Waals surface area (Å²) >= 11 is 0. The van der Waals surface area contributed by atoms with Gasteiger partial charge in [0.05, 0.1) is 5.41 Å². The highest BCUT2D eigenvalue weighted by Crippen LogP contribution is 2.65. The third-order valence-electron chi connectivity index (χ3n) is 10.5. The molecule has 0 amide bonds. The Bertz CT molecular complexity index is 2430. The molecule has 1 aromatic heterocycles. The first-order valence-electron chi connectivity index (χ1n) is 17.1. The van der Waals surface area contributed by atoms with Crippen LogP contribution in [0.4, 0.5) is 0 Å². The number of ether oxygens (including phenoxy) is 1. The largest absolute Gasteiger partial charge is 0.456 e. The highest BCUT2D eigenvalue weighted by atomic mass is 16.5. The van der Waals surface area contributed by atoms with Crippen molar-refractivity contribution in [1.29, 1.82) is 0 Å². The van der Waals surface area contributed by atoms with Crippen LogP contribution in [0.25, 0.3) is 45.3 Å². The number of allylic oxidation sites excluding steroid dienone is 4. The second-order valence-corrected chi connectivity index (χ2v) is 13.1. The van der Waals surface area contributed by atoms with Gasteiger partial charge in [0.15, 0.2) is 17.5 Å². The second kappa shape index (κ2) is 11.4. The number of aromatic nitrogens is 3. The normalized spacial score (nSPS) is 19.3. The maximum absolute atomic E-state index is 6.96. The molecule has 4 heteroatoms. The van der Waals surface area contributed by atoms with Crippen molar-refractivity contribution in [2.24, 2.45) is 5.92 Å². The van der Waals surface area contributed by atoms with Crippen LogP contribution in [0.5, 0.6) is 11.5 Å². The standard InChI is InChI=1S/C46H31N3O/c1-3-15-30(16-4-1)43-47-44(31-17-5-2-6-18-31)49-45(48-43)33-20-13-19-32(29-33)34-23-14-27-40-42(34)50-41-28-12-11-26-39(41)46(40)37-24-9-7-21-35(37)36-22-8-10-25-38(36)46/h1-29,35,37H. The molecule has 2 heterocycles. The van der Waals surface area contributed by atoms with Gasteiger partial charge in [-0.3, -0.25) is 0 Å². The number of nitrogens with zero attached hydrogens (tertiary/aromatic N) is 3. The van der Waals surface area contributed by atoms with Crippen molar-refractivity contribution < 1.29 is 4.74 Å². The summed E-state index contributed by atoms with van der Waals surface area (Å²) in [6.07, 6.45) is 9.17. The van der Waals surface area contributed by atoms with Gasteiger partial charge in [0.2, 0.25) is 0 Å². The van der Waals surface area contributed by atoms with Crippen LogP contribution in [-0.2, 0) is 5.41 Å². The zero-order valence-electron chi connectivity index (χ0n) is 27.1. The molecule has 3 atom stereocenters. The third-order valence-corrected chi connectivity index (χ3v) is 10.5. The smallest absolute Gasteiger partial charge is 0.164 e. The maximum Gasteiger partial charge on any atom is 0.164 e. The van der Waals surface area contributed by atoms with Crippen molar-refractivity contribution in [1.82, 2.24) is 15.0 Å². The highest BCUT2D eigenvalue weighted by molar-refractivity contribution is 5.81. The van der Waals surface area contributed by atoms with Crippen LogP contribution >= 0.6 is 0 Å². The van der Waals surface area contributed by atoms with E-state index in [2.05, 4.69) is 115 Å². The van der Waals surface area contributed by atoms with Crippen LogP contribution in [0.2, 0.25) is 0 Å². The van der Waals surface area contributed by atoms with Gasteiger partial charge in [-0.1, -0.05) is 164 Å². The van der Waals surface area contributed by atoms with Crippen LogP contribution in [0.1, 0.15) is 28.2 Å². The monoisotopic (exact) mass is 641 g/mol. The molecule has 6 aromatic carbocycles. The molecule has 4 nitrogen and oxygen atoms in total. The number of benzene rings is 6. The summed E-state index contributed by atoms with van der Waals surface area (Å²) in [6, 6.07) is 52.9. The molecule has 0 saturated heterocycles. The molecule has 1 spiro atoms. The third kappa shape index (κ3) is 4.28.